The number of nitrogens with zero attached hydrogens (tertiary/aromatic N) is 1. The van der Waals surface area contributed by atoms with E-state index in [-0.39, 0.29) is 24.4 Å². The van der Waals surface area contributed by atoms with Crippen molar-refractivity contribution >= 4 is 17.8 Å². The van der Waals surface area contributed by atoms with Crippen molar-refractivity contribution in [1.82, 2.24) is 15.5 Å². The molecule has 20 heavy (non-hydrogen) atoms. The predicted molar refractivity (Wildman–Crippen MR) is 73.9 cm³/mol. The summed E-state index contributed by atoms with van der Waals surface area (Å²) in [4.78, 5) is 37.0. The molecule has 112 valence electrons. The van der Waals surface area contributed by atoms with Crippen LogP contribution in [0.15, 0.2) is 0 Å². The van der Waals surface area contributed by atoms with E-state index in [0.717, 1.165) is 24.2 Å². The molecule has 6 nitrogen and oxygen atoms in total. The Labute approximate surface area is 119 Å². The molecule has 2 rings (SSSR count). The quantitative estimate of drug-likeness (QED) is 0.713. The lowest BCUT2D eigenvalue weighted by molar-refractivity contribution is -0.134. The summed E-state index contributed by atoms with van der Waals surface area (Å²) in [6.07, 6.45) is 3.41. The zero-order valence-electron chi connectivity index (χ0n) is 12.4. The maximum Gasteiger partial charge on any atom is 0.325 e. The first kappa shape index (κ1) is 14.8. The number of nitrogens with one attached hydrogen (secondary N) is 2. The molecule has 1 aliphatic heterocycles. The Morgan fingerprint density at radius 2 is 2.10 bits per heavy atom. The van der Waals surface area contributed by atoms with E-state index in [4.69, 9.17) is 0 Å². The fourth-order valence-corrected chi connectivity index (χ4v) is 2.28. The van der Waals surface area contributed by atoms with Gasteiger partial charge in [-0.2, -0.15) is 0 Å². The second-order valence-electron chi connectivity index (χ2n) is 6.43. The molecule has 6 heteroatoms. The first-order valence-corrected chi connectivity index (χ1v) is 7.25. The van der Waals surface area contributed by atoms with Crippen molar-refractivity contribution in [3.8, 4) is 0 Å². The summed E-state index contributed by atoms with van der Waals surface area (Å²) < 4.78 is 0. The van der Waals surface area contributed by atoms with E-state index in [9.17, 15) is 14.4 Å². The summed E-state index contributed by atoms with van der Waals surface area (Å²) in [6.45, 7) is 5.70. The molecule has 1 heterocycles. The molecule has 1 saturated heterocycles. The monoisotopic (exact) mass is 281 g/mol. The van der Waals surface area contributed by atoms with Crippen molar-refractivity contribution < 1.29 is 14.4 Å². The summed E-state index contributed by atoms with van der Waals surface area (Å²) in [5.41, 5.74) is -0.874. The van der Waals surface area contributed by atoms with Crippen LogP contribution in [-0.2, 0) is 9.59 Å². The van der Waals surface area contributed by atoms with Gasteiger partial charge in [0.05, 0.1) is 0 Å². The largest absolute Gasteiger partial charge is 0.352 e. The highest BCUT2D eigenvalue weighted by Gasteiger charge is 2.48. The third-order valence-electron chi connectivity index (χ3n) is 3.81. The van der Waals surface area contributed by atoms with E-state index in [1.807, 2.05) is 0 Å². The topological polar surface area (TPSA) is 78.5 Å². The van der Waals surface area contributed by atoms with Gasteiger partial charge in [-0.05, 0) is 38.5 Å². The molecule has 0 spiro atoms. The van der Waals surface area contributed by atoms with Crippen molar-refractivity contribution in [2.45, 2.75) is 58.0 Å². The van der Waals surface area contributed by atoms with Crippen molar-refractivity contribution in [3.63, 3.8) is 0 Å². The number of imide groups is 1. The molecule has 1 saturated carbocycles. The van der Waals surface area contributed by atoms with Gasteiger partial charge >= 0.3 is 6.03 Å². The van der Waals surface area contributed by atoms with Crippen LogP contribution in [0.1, 0.15) is 46.5 Å². The van der Waals surface area contributed by atoms with E-state index in [1.54, 1.807) is 6.92 Å². The Morgan fingerprint density at radius 1 is 1.45 bits per heavy atom. The second kappa shape index (κ2) is 5.42. The van der Waals surface area contributed by atoms with Gasteiger partial charge in [-0.1, -0.05) is 13.8 Å². The van der Waals surface area contributed by atoms with E-state index < -0.39 is 11.6 Å². The minimum atomic E-state index is -0.874. The lowest BCUT2D eigenvalue weighted by Gasteiger charge is -2.22. The number of hydrogen-bond donors (Lipinski definition) is 2. The molecule has 0 radical (unpaired) electrons. The summed E-state index contributed by atoms with van der Waals surface area (Å²) in [5, 5.41) is 5.50. The van der Waals surface area contributed by atoms with Crippen LogP contribution in [0.2, 0.25) is 0 Å². The molecule has 0 aromatic carbocycles. The van der Waals surface area contributed by atoms with Gasteiger partial charge in [0, 0.05) is 6.04 Å². The Morgan fingerprint density at radius 3 is 2.65 bits per heavy atom. The highest BCUT2D eigenvalue weighted by molar-refractivity contribution is 6.08. The predicted octanol–water partition coefficient (Wildman–Crippen LogP) is 1.01. The third kappa shape index (κ3) is 3.29. The van der Waals surface area contributed by atoms with Crippen LogP contribution in [0.5, 0.6) is 0 Å². The van der Waals surface area contributed by atoms with Gasteiger partial charge in [-0.25, -0.2) is 4.79 Å². The Bertz CT molecular complexity index is 431. The van der Waals surface area contributed by atoms with Crippen LogP contribution in [-0.4, -0.2) is 40.9 Å². The molecule has 2 fully saturated rings. The van der Waals surface area contributed by atoms with Gasteiger partial charge in [0.1, 0.15) is 12.1 Å². The number of amides is 4. The second-order valence-corrected chi connectivity index (χ2v) is 6.43. The maximum absolute atomic E-state index is 12.3. The first-order valence-electron chi connectivity index (χ1n) is 7.25. The van der Waals surface area contributed by atoms with Crippen LogP contribution in [0.4, 0.5) is 4.79 Å². The zero-order chi connectivity index (χ0) is 14.9. The molecule has 0 aromatic heterocycles. The minimum Gasteiger partial charge on any atom is -0.352 e. The van der Waals surface area contributed by atoms with Crippen molar-refractivity contribution in [1.29, 1.82) is 0 Å². The lowest BCUT2D eigenvalue weighted by Crippen LogP contribution is -2.45. The number of rotatable bonds is 6. The summed E-state index contributed by atoms with van der Waals surface area (Å²) >= 11 is 0. The van der Waals surface area contributed by atoms with Crippen molar-refractivity contribution in [2.75, 3.05) is 6.54 Å². The SMILES string of the molecule is CC(C)CC[C@]1(C)NC(=O)N(CC(=O)NC2CC2)C1=O. The lowest BCUT2D eigenvalue weighted by atomic mass is 9.92. The smallest absolute Gasteiger partial charge is 0.325 e. The van der Waals surface area contributed by atoms with Gasteiger partial charge in [-0.15, -0.1) is 0 Å². The van der Waals surface area contributed by atoms with E-state index in [1.165, 1.54) is 0 Å². The summed E-state index contributed by atoms with van der Waals surface area (Å²) in [5.74, 6) is -0.0954. The van der Waals surface area contributed by atoms with Gasteiger partial charge in [0.15, 0.2) is 0 Å². The summed E-state index contributed by atoms with van der Waals surface area (Å²) in [7, 11) is 0. The van der Waals surface area contributed by atoms with Crippen LogP contribution < -0.4 is 10.6 Å². The van der Waals surface area contributed by atoms with E-state index >= 15 is 0 Å². The highest BCUT2D eigenvalue weighted by Crippen LogP contribution is 2.25. The Hall–Kier alpha value is -1.59. The molecule has 1 aliphatic carbocycles. The Kier molecular flexibility index (Phi) is 4.01. The van der Waals surface area contributed by atoms with E-state index in [2.05, 4.69) is 24.5 Å². The van der Waals surface area contributed by atoms with Gasteiger partial charge in [0.2, 0.25) is 5.91 Å². The van der Waals surface area contributed by atoms with Crippen LogP contribution >= 0.6 is 0 Å². The fraction of sp³-hybridized carbons (Fsp3) is 0.786. The number of hydrogen-bond acceptors (Lipinski definition) is 3. The van der Waals surface area contributed by atoms with Crippen molar-refractivity contribution in [2.24, 2.45) is 5.92 Å². The maximum atomic E-state index is 12.3. The van der Waals surface area contributed by atoms with Gasteiger partial charge in [-0.3, -0.25) is 14.5 Å². The number of urea groups is 1. The van der Waals surface area contributed by atoms with Crippen LogP contribution in [0.3, 0.4) is 0 Å². The zero-order valence-corrected chi connectivity index (χ0v) is 12.4. The van der Waals surface area contributed by atoms with Crippen molar-refractivity contribution in [3.05, 3.63) is 0 Å². The molecule has 1 atom stereocenters. The summed E-state index contributed by atoms with van der Waals surface area (Å²) in [6, 6.07) is -0.234. The van der Waals surface area contributed by atoms with Crippen LogP contribution in [0.25, 0.3) is 0 Å². The van der Waals surface area contributed by atoms with Crippen LogP contribution in [0, 0.1) is 5.92 Å². The Balaban J connectivity index is 1.94. The highest BCUT2D eigenvalue weighted by atomic mass is 16.2. The molecule has 0 aromatic rings. The molecule has 4 amide bonds. The van der Waals surface area contributed by atoms with Gasteiger partial charge in [0.25, 0.3) is 5.91 Å². The molecular formula is C14H23N3O3. The van der Waals surface area contributed by atoms with Gasteiger partial charge < -0.3 is 10.6 Å². The number of carbonyl (C=O) groups excluding carboxylic acids is 3. The molecular weight excluding hydrogens is 258 g/mol. The standard InChI is InChI=1S/C14H23N3O3/c1-9(2)6-7-14(3)12(19)17(13(20)16-14)8-11(18)15-10-4-5-10/h9-10H,4-8H2,1-3H3,(H,15,18)(H,16,20)/t14-/m0/s1. The normalized spacial score (nSPS) is 26.1. The fourth-order valence-electron chi connectivity index (χ4n) is 2.28. The third-order valence-corrected chi connectivity index (χ3v) is 3.81. The molecule has 2 N–H and O–H groups in total. The average molecular weight is 281 g/mol. The molecule has 2 aliphatic rings. The first-order chi connectivity index (χ1) is 9.32. The average Bonchev–Trinajstić information content (AvgIpc) is 3.12. The minimum absolute atomic E-state index is 0.182. The molecule has 0 bridgehead atoms. The molecule has 0 unspecified atom stereocenters. The number of carbonyl (C=O) groups is 3. The van der Waals surface area contributed by atoms with E-state index in [0.29, 0.717) is 12.3 Å².